The van der Waals surface area contributed by atoms with Crippen LogP contribution in [0.1, 0.15) is 40.0 Å². The van der Waals surface area contributed by atoms with Crippen molar-refractivity contribution < 1.29 is 19.5 Å². The van der Waals surface area contributed by atoms with Crippen LogP contribution in [0.3, 0.4) is 0 Å². The average Bonchev–Trinajstić information content (AvgIpc) is 2.63. The third kappa shape index (κ3) is 2.57. The number of rotatable bonds is 3. The summed E-state index contributed by atoms with van der Waals surface area (Å²) in [5.74, 6) is -1.54. The Labute approximate surface area is 118 Å². The Kier molecular flexibility index (Phi) is 3.86. The van der Waals surface area contributed by atoms with Crippen LogP contribution in [0.5, 0.6) is 0 Å². The molecule has 3 N–H and O–H groups in total. The van der Waals surface area contributed by atoms with E-state index in [-0.39, 0.29) is 41.5 Å². The van der Waals surface area contributed by atoms with Gasteiger partial charge in [-0.15, -0.1) is 0 Å². The van der Waals surface area contributed by atoms with Crippen molar-refractivity contribution in [3.8, 4) is 0 Å². The van der Waals surface area contributed by atoms with E-state index in [2.05, 4.69) is 10.6 Å². The van der Waals surface area contributed by atoms with Gasteiger partial charge in [0.05, 0.1) is 18.4 Å². The number of carboxylic acid groups (broad SMARTS) is 1. The minimum Gasteiger partial charge on any atom is -0.481 e. The fourth-order valence-corrected chi connectivity index (χ4v) is 3.42. The molecule has 2 aliphatic rings. The summed E-state index contributed by atoms with van der Waals surface area (Å²) in [6, 6.07) is -0.422. The van der Waals surface area contributed by atoms with E-state index in [1.807, 2.05) is 20.8 Å². The number of carbonyl (C=O) groups is 3. The summed E-state index contributed by atoms with van der Waals surface area (Å²) in [5.41, 5.74) is -0.346. The Morgan fingerprint density at radius 2 is 2.00 bits per heavy atom. The zero-order chi connectivity index (χ0) is 15.1. The molecule has 6 nitrogen and oxygen atoms in total. The summed E-state index contributed by atoms with van der Waals surface area (Å²) in [4.78, 5) is 34.1. The van der Waals surface area contributed by atoms with Crippen molar-refractivity contribution in [3.05, 3.63) is 0 Å². The van der Waals surface area contributed by atoms with Crippen molar-refractivity contribution in [2.45, 2.75) is 52.1 Å². The maximum absolute atomic E-state index is 11.6. The van der Waals surface area contributed by atoms with Gasteiger partial charge in [0.25, 0.3) is 0 Å². The Morgan fingerprint density at radius 1 is 1.35 bits per heavy atom. The number of hydrogen-bond acceptors (Lipinski definition) is 4. The zero-order valence-electron chi connectivity index (χ0n) is 12.1. The van der Waals surface area contributed by atoms with Crippen LogP contribution in [0, 0.1) is 17.3 Å². The van der Waals surface area contributed by atoms with Gasteiger partial charge >= 0.3 is 5.97 Å². The summed E-state index contributed by atoms with van der Waals surface area (Å²) < 4.78 is 0. The molecule has 2 amide bonds. The molecule has 0 radical (unpaired) electrons. The quantitative estimate of drug-likeness (QED) is 0.656. The molecule has 112 valence electrons. The highest BCUT2D eigenvalue weighted by atomic mass is 16.4. The maximum atomic E-state index is 11.6. The maximum Gasteiger partial charge on any atom is 0.307 e. The van der Waals surface area contributed by atoms with E-state index in [1.165, 1.54) is 0 Å². The molecule has 2 rings (SSSR count). The van der Waals surface area contributed by atoms with Gasteiger partial charge in [0.1, 0.15) is 0 Å². The molecular weight excluding hydrogens is 260 g/mol. The second-order valence-electron chi connectivity index (χ2n) is 6.52. The smallest absolute Gasteiger partial charge is 0.307 e. The van der Waals surface area contributed by atoms with E-state index in [9.17, 15) is 19.5 Å². The first kappa shape index (κ1) is 15.0. The number of carboxylic acids is 1. The van der Waals surface area contributed by atoms with Gasteiger partial charge in [-0.25, -0.2) is 0 Å². The average molecular weight is 282 g/mol. The van der Waals surface area contributed by atoms with Crippen LogP contribution in [0.4, 0.5) is 0 Å². The fraction of sp³-hybridized carbons (Fsp3) is 0.786. The van der Waals surface area contributed by atoms with Crippen LogP contribution >= 0.6 is 0 Å². The van der Waals surface area contributed by atoms with Gasteiger partial charge in [-0.2, -0.15) is 0 Å². The molecule has 1 aliphatic heterocycles. The van der Waals surface area contributed by atoms with Crippen LogP contribution in [0.15, 0.2) is 0 Å². The predicted octanol–water partition coefficient (Wildman–Crippen LogP) is 0.517. The molecule has 0 aromatic heterocycles. The lowest BCUT2D eigenvalue weighted by molar-refractivity contribution is -0.150. The minimum absolute atomic E-state index is 0.0576. The molecule has 1 saturated heterocycles. The number of amides is 2. The van der Waals surface area contributed by atoms with Crippen LogP contribution in [-0.4, -0.2) is 35.0 Å². The number of imide groups is 1. The molecular formula is C14H22N2O4. The van der Waals surface area contributed by atoms with Crippen LogP contribution in [0.25, 0.3) is 0 Å². The van der Waals surface area contributed by atoms with Gasteiger partial charge in [0.15, 0.2) is 0 Å². The molecule has 4 atom stereocenters. The summed E-state index contributed by atoms with van der Waals surface area (Å²) in [7, 11) is 0. The first-order valence-electron chi connectivity index (χ1n) is 7.06. The van der Waals surface area contributed by atoms with Gasteiger partial charge in [-0.3, -0.25) is 19.7 Å². The molecule has 0 spiro atoms. The van der Waals surface area contributed by atoms with Gasteiger partial charge in [-0.05, 0) is 24.2 Å². The van der Waals surface area contributed by atoms with Gasteiger partial charge in [0.2, 0.25) is 11.8 Å². The largest absolute Gasteiger partial charge is 0.481 e. The third-order valence-electron chi connectivity index (χ3n) is 5.12. The van der Waals surface area contributed by atoms with E-state index >= 15 is 0 Å². The molecule has 0 aromatic rings. The summed E-state index contributed by atoms with van der Waals surface area (Å²) in [6.45, 7) is 5.94. The standard InChI is InChI=1S/C14H22N2O4/c1-7-9(15-10-6-11(17)16-12(10)18)5-4-8(13(19)20)14(7,2)3/h7-10,15H,4-6H2,1-3H3,(H,19,20)(H,16,17,18). The molecule has 1 saturated carbocycles. The predicted molar refractivity (Wildman–Crippen MR) is 71.8 cm³/mol. The summed E-state index contributed by atoms with van der Waals surface area (Å²) in [5, 5.41) is 14.8. The normalized spacial score (nSPS) is 36.8. The number of aliphatic carboxylic acids is 1. The lowest BCUT2D eigenvalue weighted by Crippen LogP contribution is -2.54. The molecule has 6 heteroatoms. The molecule has 4 unspecified atom stereocenters. The van der Waals surface area contributed by atoms with Crippen LogP contribution < -0.4 is 10.6 Å². The second kappa shape index (κ2) is 5.16. The zero-order valence-corrected chi connectivity index (χ0v) is 12.1. The highest BCUT2D eigenvalue weighted by Crippen LogP contribution is 2.45. The van der Waals surface area contributed by atoms with Crippen molar-refractivity contribution >= 4 is 17.8 Å². The Balaban J connectivity index is 2.06. The van der Waals surface area contributed by atoms with Gasteiger partial charge < -0.3 is 10.4 Å². The van der Waals surface area contributed by atoms with E-state index in [0.29, 0.717) is 12.8 Å². The van der Waals surface area contributed by atoms with Crippen molar-refractivity contribution in [1.29, 1.82) is 0 Å². The molecule has 2 fully saturated rings. The van der Waals surface area contributed by atoms with E-state index in [1.54, 1.807) is 0 Å². The Hall–Kier alpha value is -1.43. The van der Waals surface area contributed by atoms with Crippen molar-refractivity contribution in [3.63, 3.8) is 0 Å². The van der Waals surface area contributed by atoms with E-state index < -0.39 is 12.0 Å². The minimum atomic E-state index is -0.755. The number of carbonyl (C=O) groups excluding carboxylic acids is 2. The highest BCUT2D eigenvalue weighted by molar-refractivity contribution is 6.05. The van der Waals surface area contributed by atoms with Crippen LogP contribution in [0.2, 0.25) is 0 Å². The highest BCUT2D eigenvalue weighted by Gasteiger charge is 2.47. The SMILES string of the molecule is CC1C(NC2CC(=O)NC2=O)CCC(C(=O)O)C1(C)C. The lowest BCUT2D eigenvalue weighted by Gasteiger charge is -2.46. The fourth-order valence-electron chi connectivity index (χ4n) is 3.42. The summed E-state index contributed by atoms with van der Waals surface area (Å²) in [6.07, 6.45) is 1.47. The van der Waals surface area contributed by atoms with Crippen molar-refractivity contribution in [2.75, 3.05) is 0 Å². The second-order valence-corrected chi connectivity index (χ2v) is 6.52. The molecule has 0 bridgehead atoms. The first-order chi connectivity index (χ1) is 9.23. The monoisotopic (exact) mass is 282 g/mol. The van der Waals surface area contributed by atoms with Gasteiger partial charge in [-0.1, -0.05) is 20.8 Å². The topological polar surface area (TPSA) is 95.5 Å². The first-order valence-corrected chi connectivity index (χ1v) is 7.06. The molecule has 1 aliphatic carbocycles. The molecule has 20 heavy (non-hydrogen) atoms. The van der Waals surface area contributed by atoms with E-state index in [4.69, 9.17) is 0 Å². The lowest BCUT2D eigenvalue weighted by atomic mass is 9.61. The van der Waals surface area contributed by atoms with Crippen molar-refractivity contribution in [1.82, 2.24) is 10.6 Å². The molecule has 1 heterocycles. The molecule has 0 aromatic carbocycles. The van der Waals surface area contributed by atoms with Crippen molar-refractivity contribution in [2.24, 2.45) is 17.3 Å². The van der Waals surface area contributed by atoms with Crippen LogP contribution in [-0.2, 0) is 14.4 Å². The summed E-state index contributed by atoms with van der Waals surface area (Å²) >= 11 is 0. The van der Waals surface area contributed by atoms with E-state index in [0.717, 1.165) is 0 Å². The number of hydrogen-bond donors (Lipinski definition) is 3. The Bertz CT molecular complexity index is 446. The third-order valence-corrected chi connectivity index (χ3v) is 5.12. The number of nitrogens with one attached hydrogen (secondary N) is 2. The Morgan fingerprint density at radius 3 is 2.50 bits per heavy atom. The van der Waals surface area contributed by atoms with Gasteiger partial charge in [0, 0.05) is 6.04 Å².